The molecule has 0 radical (unpaired) electrons. The van der Waals surface area contributed by atoms with Gasteiger partial charge in [0, 0.05) is 24.1 Å². The van der Waals surface area contributed by atoms with E-state index in [1.54, 1.807) is 21.3 Å². The number of nitrogens with one attached hydrogen (secondary N) is 1. The van der Waals surface area contributed by atoms with Gasteiger partial charge in [-0.2, -0.15) is 0 Å². The molecule has 0 aliphatic heterocycles. The number of benzene rings is 1. The van der Waals surface area contributed by atoms with E-state index in [4.69, 9.17) is 14.2 Å². The second-order valence-corrected chi connectivity index (χ2v) is 7.36. The summed E-state index contributed by atoms with van der Waals surface area (Å²) in [6.07, 6.45) is 6.74. The highest BCUT2D eigenvalue weighted by Gasteiger charge is 2.23. The van der Waals surface area contributed by atoms with Crippen LogP contribution in [-0.4, -0.2) is 27.2 Å². The molecular formula is C21H33NO4. The molecule has 0 aromatic heterocycles. The molecule has 1 amide bonds. The lowest BCUT2D eigenvalue weighted by molar-refractivity contribution is -0.122. The minimum atomic E-state index is 0.102. The summed E-state index contributed by atoms with van der Waals surface area (Å²) in [6, 6.07) is 1.94. The van der Waals surface area contributed by atoms with Gasteiger partial charge >= 0.3 is 0 Å². The predicted molar refractivity (Wildman–Crippen MR) is 103 cm³/mol. The van der Waals surface area contributed by atoms with E-state index in [-0.39, 0.29) is 11.8 Å². The first-order valence-corrected chi connectivity index (χ1v) is 9.60. The summed E-state index contributed by atoms with van der Waals surface area (Å²) in [4.78, 5) is 12.4. The second-order valence-electron chi connectivity index (χ2n) is 7.36. The van der Waals surface area contributed by atoms with Gasteiger partial charge in [-0.25, -0.2) is 0 Å². The van der Waals surface area contributed by atoms with Crippen LogP contribution in [0.4, 0.5) is 0 Å². The van der Waals surface area contributed by atoms with Crippen LogP contribution in [0.2, 0.25) is 0 Å². The van der Waals surface area contributed by atoms with Gasteiger partial charge in [0.25, 0.3) is 0 Å². The van der Waals surface area contributed by atoms with E-state index in [2.05, 4.69) is 19.2 Å². The standard InChI is InChI=1S/C21H33NO4/c1-14(2)19-17(24-3)12-16(20(25-4)21(19)26-5)13-22-18(23)11-15-9-7-6-8-10-15/h12,14-15H,6-11,13H2,1-5H3,(H,22,23). The van der Waals surface area contributed by atoms with Gasteiger partial charge in [0.2, 0.25) is 5.91 Å². The van der Waals surface area contributed by atoms with Crippen molar-refractivity contribution >= 4 is 5.91 Å². The van der Waals surface area contributed by atoms with Crippen LogP contribution in [0, 0.1) is 5.92 Å². The largest absolute Gasteiger partial charge is 0.496 e. The van der Waals surface area contributed by atoms with Crippen LogP contribution < -0.4 is 19.5 Å². The molecule has 1 saturated carbocycles. The molecule has 5 heteroatoms. The molecule has 0 heterocycles. The van der Waals surface area contributed by atoms with Gasteiger partial charge in [0.1, 0.15) is 5.75 Å². The zero-order valence-corrected chi connectivity index (χ0v) is 16.8. The van der Waals surface area contributed by atoms with Crippen LogP contribution in [0.3, 0.4) is 0 Å². The molecular weight excluding hydrogens is 330 g/mol. The van der Waals surface area contributed by atoms with E-state index >= 15 is 0 Å². The number of ether oxygens (including phenoxy) is 3. The van der Waals surface area contributed by atoms with Crippen LogP contribution in [0.25, 0.3) is 0 Å². The first-order chi connectivity index (χ1) is 12.5. The van der Waals surface area contributed by atoms with Gasteiger partial charge in [-0.3, -0.25) is 4.79 Å². The fourth-order valence-corrected chi connectivity index (χ4v) is 3.87. The van der Waals surface area contributed by atoms with Gasteiger partial charge in [-0.1, -0.05) is 33.1 Å². The van der Waals surface area contributed by atoms with E-state index in [1.165, 1.54) is 32.1 Å². The monoisotopic (exact) mass is 363 g/mol. The SMILES string of the molecule is COc1cc(CNC(=O)CC2CCCCC2)c(OC)c(OC)c1C(C)C. The van der Waals surface area contributed by atoms with E-state index in [0.717, 1.165) is 16.9 Å². The molecule has 0 bridgehead atoms. The summed E-state index contributed by atoms with van der Waals surface area (Å²) in [5.41, 5.74) is 1.84. The number of amides is 1. The maximum absolute atomic E-state index is 12.4. The Labute approximate surface area is 157 Å². The number of methoxy groups -OCH3 is 3. The first kappa shape index (κ1) is 20.4. The predicted octanol–water partition coefficient (Wildman–Crippen LogP) is 4.42. The summed E-state index contributed by atoms with van der Waals surface area (Å²) in [6.45, 7) is 4.58. The van der Waals surface area contributed by atoms with Crippen molar-refractivity contribution in [3.63, 3.8) is 0 Å². The summed E-state index contributed by atoms with van der Waals surface area (Å²) >= 11 is 0. The second kappa shape index (κ2) is 9.70. The van der Waals surface area contributed by atoms with Gasteiger partial charge in [0.15, 0.2) is 11.5 Å². The lowest BCUT2D eigenvalue weighted by atomic mass is 9.87. The maximum Gasteiger partial charge on any atom is 0.220 e. The van der Waals surface area contributed by atoms with Gasteiger partial charge in [0.05, 0.1) is 21.3 Å². The molecule has 146 valence electrons. The van der Waals surface area contributed by atoms with Crippen LogP contribution in [0.15, 0.2) is 6.07 Å². The van der Waals surface area contributed by atoms with Crippen molar-refractivity contribution in [3.05, 3.63) is 17.2 Å². The molecule has 0 unspecified atom stereocenters. The lowest BCUT2D eigenvalue weighted by Gasteiger charge is -2.23. The Balaban J connectivity index is 2.15. The smallest absolute Gasteiger partial charge is 0.220 e. The first-order valence-electron chi connectivity index (χ1n) is 9.60. The van der Waals surface area contributed by atoms with Crippen LogP contribution in [0.1, 0.15) is 69.4 Å². The van der Waals surface area contributed by atoms with Crippen LogP contribution >= 0.6 is 0 Å². The molecule has 1 aromatic carbocycles. The minimum Gasteiger partial charge on any atom is -0.496 e. The Kier molecular flexibility index (Phi) is 7.61. The molecule has 5 nitrogen and oxygen atoms in total. The van der Waals surface area contributed by atoms with Crippen molar-refractivity contribution in [2.75, 3.05) is 21.3 Å². The fraction of sp³-hybridized carbons (Fsp3) is 0.667. The highest BCUT2D eigenvalue weighted by atomic mass is 16.5. The summed E-state index contributed by atoms with van der Waals surface area (Å²) in [7, 11) is 4.91. The molecule has 0 saturated heterocycles. The highest BCUT2D eigenvalue weighted by Crippen LogP contribution is 2.44. The van der Waals surface area contributed by atoms with Crippen molar-refractivity contribution in [1.29, 1.82) is 0 Å². The third kappa shape index (κ3) is 4.83. The molecule has 26 heavy (non-hydrogen) atoms. The third-order valence-corrected chi connectivity index (χ3v) is 5.19. The van der Waals surface area contributed by atoms with Crippen LogP contribution in [0.5, 0.6) is 17.2 Å². The summed E-state index contributed by atoms with van der Waals surface area (Å²) in [5.74, 6) is 2.95. The van der Waals surface area contributed by atoms with E-state index < -0.39 is 0 Å². The quantitative estimate of drug-likeness (QED) is 0.743. The zero-order chi connectivity index (χ0) is 19.1. The molecule has 1 aromatic rings. The average molecular weight is 363 g/mol. The van der Waals surface area contributed by atoms with Crippen LogP contribution in [-0.2, 0) is 11.3 Å². The Bertz CT molecular complexity index is 607. The molecule has 1 N–H and O–H groups in total. The summed E-state index contributed by atoms with van der Waals surface area (Å²) in [5, 5.41) is 3.04. The Morgan fingerprint density at radius 1 is 1.08 bits per heavy atom. The normalized spacial score (nSPS) is 15.0. The summed E-state index contributed by atoms with van der Waals surface area (Å²) < 4.78 is 16.8. The molecule has 1 fully saturated rings. The Hall–Kier alpha value is -1.91. The molecule has 0 spiro atoms. The number of rotatable bonds is 8. The van der Waals surface area contributed by atoms with Crippen molar-refractivity contribution < 1.29 is 19.0 Å². The van der Waals surface area contributed by atoms with Crippen molar-refractivity contribution in [3.8, 4) is 17.2 Å². The third-order valence-electron chi connectivity index (χ3n) is 5.19. The van der Waals surface area contributed by atoms with Gasteiger partial charge in [-0.05, 0) is 30.7 Å². The maximum atomic E-state index is 12.4. The van der Waals surface area contributed by atoms with Crippen molar-refractivity contribution in [1.82, 2.24) is 5.32 Å². The fourth-order valence-electron chi connectivity index (χ4n) is 3.87. The van der Waals surface area contributed by atoms with Gasteiger partial charge < -0.3 is 19.5 Å². The molecule has 1 aliphatic rings. The Morgan fingerprint density at radius 2 is 1.73 bits per heavy atom. The van der Waals surface area contributed by atoms with Crippen molar-refractivity contribution in [2.45, 2.75) is 64.8 Å². The van der Waals surface area contributed by atoms with Gasteiger partial charge in [-0.15, -0.1) is 0 Å². The highest BCUT2D eigenvalue weighted by molar-refractivity contribution is 5.76. The van der Waals surface area contributed by atoms with E-state index in [9.17, 15) is 4.79 Å². The molecule has 2 rings (SSSR count). The number of carbonyl (C=O) groups is 1. The number of hydrogen-bond donors (Lipinski definition) is 1. The van der Waals surface area contributed by atoms with E-state index in [0.29, 0.717) is 30.4 Å². The minimum absolute atomic E-state index is 0.102. The number of hydrogen-bond acceptors (Lipinski definition) is 4. The average Bonchev–Trinajstić information content (AvgIpc) is 2.65. The molecule has 1 aliphatic carbocycles. The molecule has 0 atom stereocenters. The van der Waals surface area contributed by atoms with Crippen molar-refractivity contribution in [2.24, 2.45) is 5.92 Å². The number of carbonyl (C=O) groups excluding carboxylic acids is 1. The Morgan fingerprint density at radius 3 is 2.27 bits per heavy atom. The van der Waals surface area contributed by atoms with E-state index in [1.807, 2.05) is 6.07 Å². The zero-order valence-electron chi connectivity index (χ0n) is 16.8. The lowest BCUT2D eigenvalue weighted by Crippen LogP contribution is -2.26. The topological polar surface area (TPSA) is 56.8 Å².